The van der Waals surface area contributed by atoms with Gasteiger partial charge in [0.2, 0.25) is 0 Å². The molecule has 0 saturated heterocycles. The summed E-state index contributed by atoms with van der Waals surface area (Å²) in [7, 11) is 0. The van der Waals surface area contributed by atoms with E-state index in [-0.39, 0.29) is 12.2 Å². The van der Waals surface area contributed by atoms with Gasteiger partial charge in [-0.25, -0.2) is 0 Å². The summed E-state index contributed by atoms with van der Waals surface area (Å²) in [5, 5.41) is 3.43. The van der Waals surface area contributed by atoms with E-state index in [9.17, 15) is 13.2 Å². The molecule has 0 radical (unpaired) electrons. The molecule has 156 valence electrons. The van der Waals surface area contributed by atoms with Gasteiger partial charge >= 0.3 is 6.61 Å². The molecule has 2 atom stereocenters. The third kappa shape index (κ3) is 3.59. The number of fused-ring (bicyclic) bond motifs is 1. The maximum absolute atomic E-state index is 13.2. The third-order valence-electron chi connectivity index (χ3n) is 5.24. The molecule has 2 aromatic carbocycles. The number of aryl methyl sites for hydroxylation is 1. The number of benzene rings is 2. The van der Waals surface area contributed by atoms with Gasteiger partial charge in [0.15, 0.2) is 0 Å². The zero-order valence-corrected chi connectivity index (χ0v) is 17.4. The average Bonchev–Trinajstić information content (AvgIpc) is 3.03. The molecule has 3 aromatic rings. The van der Waals surface area contributed by atoms with Crippen LogP contribution in [0.5, 0.6) is 5.75 Å². The van der Waals surface area contributed by atoms with Crippen LogP contribution in [0, 0.1) is 0 Å². The molecule has 0 saturated carbocycles. The van der Waals surface area contributed by atoms with E-state index in [1.807, 2.05) is 36.4 Å². The predicted molar refractivity (Wildman–Crippen MR) is 111 cm³/mol. The second-order valence-corrected chi connectivity index (χ2v) is 7.87. The Labute approximate surface area is 180 Å². The SMILES string of the molecule is NC1NC(c2cccc(Br)c2)(c2ccc(OC(F)F)c(CCF)c2)c2cccnc21. The Morgan fingerprint density at radius 2 is 1.93 bits per heavy atom. The van der Waals surface area contributed by atoms with E-state index < -0.39 is 25.0 Å². The highest BCUT2D eigenvalue weighted by Gasteiger charge is 2.46. The fourth-order valence-corrected chi connectivity index (χ4v) is 4.45. The molecular weight excluding hydrogens is 459 g/mol. The van der Waals surface area contributed by atoms with Gasteiger partial charge in [0.1, 0.15) is 11.9 Å². The van der Waals surface area contributed by atoms with Crippen LogP contribution >= 0.6 is 15.9 Å². The summed E-state index contributed by atoms with van der Waals surface area (Å²) >= 11 is 3.51. The van der Waals surface area contributed by atoms with Gasteiger partial charge in [0.05, 0.1) is 17.9 Å². The molecule has 1 aromatic heterocycles. The van der Waals surface area contributed by atoms with Crippen LogP contribution in [-0.4, -0.2) is 18.3 Å². The first-order valence-corrected chi connectivity index (χ1v) is 10.1. The molecule has 0 aliphatic carbocycles. The molecule has 2 unspecified atom stereocenters. The van der Waals surface area contributed by atoms with E-state index in [0.29, 0.717) is 11.3 Å². The van der Waals surface area contributed by atoms with Crippen molar-refractivity contribution in [2.75, 3.05) is 6.67 Å². The molecule has 4 nitrogen and oxygen atoms in total. The van der Waals surface area contributed by atoms with Gasteiger partial charge in [0.25, 0.3) is 0 Å². The Hall–Kier alpha value is -2.42. The smallest absolute Gasteiger partial charge is 0.387 e. The first-order valence-electron chi connectivity index (χ1n) is 9.34. The highest BCUT2D eigenvalue weighted by atomic mass is 79.9. The van der Waals surface area contributed by atoms with E-state index >= 15 is 0 Å². The molecule has 2 heterocycles. The maximum Gasteiger partial charge on any atom is 0.387 e. The summed E-state index contributed by atoms with van der Waals surface area (Å²) in [4.78, 5) is 4.44. The molecular formula is C22H19BrF3N3O. The number of aromatic nitrogens is 1. The van der Waals surface area contributed by atoms with Crippen molar-refractivity contribution >= 4 is 15.9 Å². The summed E-state index contributed by atoms with van der Waals surface area (Å²) in [6.45, 7) is -3.69. The first-order chi connectivity index (χ1) is 14.5. The number of ether oxygens (including phenoxy) is 1. The van der Waals surface area contributed by atoms with Crippen LogP contribution in [0.2, 0.25) is 0 Å². The minimum absolute atomic E-state index is 0.0375. The number of pyridine rings is 1. The summed E-state index contributed by atoms with van der Waals surface area (Å²) in [6, 6.07) is 16.3. The van der Waals surface area contributed by atoms with Gasteiger partial charge in [0, 0.05) is 22.7 Å². The summed E-state index contributed by atoms with van der Waals surface area (Å²) in [5.41, 5.74) is 8.98. The number of alkyl halides is 3. The van der Waals surface area contributed by atoms with Crippen molar-refractivity contribution in [2.45, 2.75) is 24.7 Å². The molecule has 1 aliphatic rings. The lowest BCUT2D eigenvalue weighted by Crippen LogP contribution is -2.42. The summed E-state index contributed by atoms with van der Waals surface area (Å²) < 4.78 is 44.3. The van der Waals surface area contributed by atoms with Crippen molar-refractivity contribution in [2.24, 2.45) is 5.73 Å². The van der Waals surface area contributed by atoms with E-state index in [2.05, 4.69) is 31.0 Å². The number of rotatable bonds is 6. The van der Waals surface area contributed by atoms with E-state index in [4.69, 9.17) is 5.73 Å². The van der Waals surface area contributed by atoms with Crippen molar-refractivity contribution in [1.82, 2.24) is 10.3 Å². The number of nitrogens with zero attached hydrogens (tertiary/aromatic N) is 1. The number of halogens is 4. The van der Waals surface area contributed by atoms with Crippen molar-refractivity contribution in [3.05, 3.63) is 93.2 Å². The van der Waals surface area contributed by atoms with Crippen LogP contribution in [0.25, 0.3) is 0 Å². The zero-order chi connectivity index (χ0) is 21.3. The Morgan fingerprint density at radius 1 is 1.13 bits per heavy atom. The molecule has 0 bridgehead atoms. The zero-order valence-electron chi connectivity index (χ0n) is 15.8. The van der Waals surface area contributed by atoms with Crippen molar-refractivity contribution in [3.8, 4) is 5.75 Å². The largest absolute Gasteiger partial charge is 0.435 e. The Bertz CT molecular complexity index is 1070. The van der Waals surface area contributed by atoms with Crippen molar-refractivity contribution in [3.63, 3.8) is 0 Å². The number of hydrogen-bond donors (Lipinski definition) is 2. The topological polar surface area (TPSA) is 60.2 Å². The van der Waals surface area contributed by atoms with Crippen molar-refractivity contribution < 1.29 is 17.9 Å². The third-order valence-corrected chi connectivity index (χ3v) is 5.73. The van der Waals surface area contributed by atoms with Gasteiger partial charge in [-0.15, -0.1) is 0 Å². The molecule has 8 heteroatoms. The Kier molecular flexibility index (Phi) is 5.81. The molecule has 0 fully saturated rings. The maximum atomic E-state index is 13.2. The van der Waals surface area contributed by atoms with Gasteiger partial charge in [-0.3, -0.25) is 14.7 Å². The second kappa shape index (κ2) is 8.37. The molecule has 30 heavy (non-hydrogen) atoms. The summed E-state index contributed by atoms with van der Waals surface area (Å²) in [6.07, 6.45) is 1.09. The Morgan fingerprint density at radius 3 is 2.67 bits per heavy atom. The van der Waals surface area contributed by atoms with Gasteiger partial charge < -0.3 is 10.5 Å². The fourth-order valence-electron chi connectivity index (χ4n) is 4.05. The normalized spacial score (nSPS) is 20.4. The van der Waals surface area contributed by atoms with E-state index in [1.54, 1.807) is 18.3 Å². The lowest BCUT2D eigenvalue weighted by Gasteiger charge is -2.33. The van der Waals surface area contributed by atoms with Crippen LogP contribution < -0.4 is 15.8 Å². The fraction of sp³-hybridized carbons (Fsp3) is 0.227. The van der Waals surface area contributed by atoms with Gasteiger partial charge in [-0.05, 0) is 47.0 Å². The van der Waals surface area contributed by atoms with E-state index in [0.717, 1.165) is 21.2 Å². The molecule has 0 amide bonds. The highest BCUT2D eigenvalue weighted by Crippen LogP contribution is 2.45. The summed E-state index contributed by atoms with van der Waals surface area (Å²) in [5.74, 6) is -0.0375. The molecule has 0 spiro atoms. The van der Waals surface area contributed by atoms with Crippen LogP contribution in [0.4, 0.5) is 13.2 Å². The van der Waals surface area contributed by atoms with Crippen molar-refractivity contribution in [1.29, 1.82) is 0 Å². The minimum Gasteiger partial charge on any atom is -0.435 e. The monoisotopic (exact) mass is 477 g/mol. The predicted octanol–water partition coefficient (Wildman–Crippen LogP) is 4.81. The van der Waals surface area contributed by atoms with E-state index in [1.165, 1.54) is 6.07 Å². The second-order valence-electron chi connectivity index (χ2n) is 6.96. The number of hydrogen-bond acceptors (Lipinski definition) is 4. The number of nitrogens with two attached hydrogens (primary N) is 1. The number of nitrogens with one attached hydrogen (secondary N) is 1. The Balaban J connectivity index is 1.96. The molecule has 4 rings (SSSR count). The van der Waals surface area contributed by atoms with Crippen LogP contribution in [0.15, 0.2) is 65.3 Å². The van der Waals surface area contributed by atoms with Gasteiger partial charge in [-0.2, -0.15) is 8.78 Å². The highest BCUT2D eigenvalue weighted by molar-refractivity contribution is 9.10. The minimum atomic E-state index is -2.99. The van der Waals surface area contributed by atoms with Gasteiger partial charge in [-0.1, -0.05) is 40.2 Å². The molecule has 3 N–H and O–H groups in total. The van der Waals surface area contributed by atoms with Crippen LogP contribution in [0.3, 0.4) is 0 Å². The van der Waals surface area contributed by atoms with Crippen LogP contribution in [-0.2, 0) is 12.0 Å². The first kappa shape index (κ1) is 20.8. The molecule has 1 aliphatic heterocycles. The lowest BCUT2D eigenvalue weighted by molar-refractivity contribution is -0.0505. The van der Waals surface area contributed by atoms with Crippen LogP contribution in [0.1, 0.15) is 34.1 Å². The lowest BCUT2D eigenvalue weighted by atomic mass is 9.78. The standard InChI is InChI=1S/C22H19BrF3N3O/c23-16-4-1-3-14(12-16)22(17-5-2-10-28-19(17)20(27)29-22)15-6-7-18(30-21(25)26)13(11-15)8-9-24/h1-7,10-12,20-21,29H,8-9,27H2. The quantitative estimate of drug-likeness (QED) is 0.534. The average molecular weight is 478 g/mol.